The molecule has 0 bridgehead atoms. The fourth-order valence-corrected chi connectivity index (χ4v) is 3.35. The Kier molecular flexibility index (Phi) is 4.31. The highest BCUT2D eigenvalue weighted by molar-refractivity contribution is 5.85. The van der Waals surface area contributed by atoms with Gasteiger partial charge in [-0.1, -0.05) is 42.5 Å². The van der Waals surface area contributed by atoms with Gasteiger partial charge in [-0.15, -0.1) is 0 Å². The van der Waals surface area contributed by atoms with Crippen LogP contribution in [0.2, 0.25) is 0 Å². The number of nitro benzene ring substituents is 1. The molecule has 1 aliphatic rings. The molecule has 0 aliphatic carbocycles. The summed E-state index contributed by atoms with van der Waals surface area (Å²) in [7, 11) is 1.32. The quantitative estimate of drug-likeness (QED) is 0.483. The van der Waals surface area contributed by atoms with E-state index in [2.05, 4.69) is 10.2 Å². The molecule has 3 atom stereocenters. The highest BCUT2D eigenvalue weighted by Gasteiger charge is 2.55. The summed E-state index contributed by atoms with van der Waals surface area (Å²) in [5, 5.41) is 19.5. The predicted molar refractivity (Wildman–Crippen MR) is 90.3 cm³/mol. The van der Waals surface area contributed by atoms with Gasteiger partial charge in [0.05, 0.1) is 24.0 Å². The molecule has 25 heavy (non-hydrogen) atoms. The third-order valence-electron chi connectivity index (χ3n) is 4.50. The monoisotopic (exact) mass is 339 g/mol. The molecule has 0 saturated heterocycles. The second kappa shape index (κ2) is 6.43. The van der Waals surface area contributed by atoms with Crippen LogP contribution in [0.5, 0.6) is 0 Å². The number of hydrogen-bond donors (Lipinski definition) is 0. The van der Waals surface area contributed by atoms with Gasteiger partial charge in [0, 0.05) is 12.1 Å². The maximum absolute atomic E-state index is 12.8. The second-order valence-electron chi connectivity index (χ2n) is 5.91. The molecule has 0 N–H and O–H groups in total. The number of hydrogen-bond acceptors (Lipinski definition) is 6. The van der Waals surface area contributed by atoms with Crippen molar-refractivity contribution < 1.29 is 14.5 Å². The zero-order valence-corrected chi connectivity index (χ0v) is 13.8. The largest absolute Gasteiger partial charge is 0.467 e. The summed E-state index contributed by atoms with van der Waals surface area (Å²) in [5.74, 6) is -0.918. The number of methoxy groups -OCH3 is 1. The number of esters is 1. The second-order valence-corrected chi connectivity index (χ2v) is 5.91. The summed E-state index contributed by atoms with van der Waals surface area (Å²) in [4.78, 5) is 23.2. The number of rotatable bonds is 4. The molecule has 7 heteroatoms. The average Bonchev–Trinajstić information content (AvgIpc) is 3.00. The van der Waals surface area contributed by atoms with E-state index < -0.39 is 22.3 Å². The van der Waals surface area contributed by atoms with Gasteiger partial charge < -0.3 is 4.74 Å². The van der Waals surface area contributed by atoms with Gasteiger partial charge in [-0.3, -0.25) is 10.1 Å². The zero-order chi connectivity index (χ0) is 18.0. The first-order valence-corrected chi connectivity index (χ1v) is 7.81. The smallest absolute Gasteiger partial charge is 0.341 e. The number of benzene rings is 2. The van der Waals surface area contributed by atoms with E-state index in [4.69, 9.17) is 4.74 Å². The van der Waals surface area contributed by atoms with E-state index in [0.29, 0.717) is 5.56 Å². The number of carbonyl (C=O) groups excluding carboxylic acids is 1. The Morgan fingerprint density at radius 1 is 1.16 bits per heavy atom. The molecule has 0 saturated carbocycles. The maximum Gasteiger partial charge on any atom is 0.341 e. The number of non-ortho nitro benzene ring substituents is 1. The van der Waals surface area contributed by atoms with E-state index in [1.54, 1.807) is 12.1 Å². The number of nitro groups is 1. The number of ether oxygens (including phenoxy) is 1. The van der Waals surface area contributed by atoms with Crippen molar-refractivity contribution >= 4 is 11.7 Å². The summed E-state index contributed by atoms with van der Waals surface area (Å²) in [6.07, 6.45) is 0. The van der Waals surface area contributed by atoms with Crippen molar-refractivity contribution in [3.05, 3.63) is 75.8 Å². The van der Waals surface area contributed by atoms with Crippen molar-refractivity contribution in [1.82, 2.24) is 0 Å². The summed E-state index contributed by atoms with van der Waals surface area (Å²) >= 11 is 0. The lowest BCUT2D eigenvalue weighted by atomic mass is 9.73. The molecule has 0 aromatic heterocycles. The van der Waals surface area contributed by atoms with Crippen LogP contribution in [-0.4, -0.2) is 24.0 Å². The van der Waals surface area contributed by atoms with Crippen molar-refractivity contribution in [2.24, 2.45) is 10.2 Å². The molecule has 0 fully saturated rings. The molecule has 0 unspecified atom stereocenters. The van der Waals surface area contributed by atoms with Crippen LogP contribution in [0.3, 0.4) is 0 Å². The lowest BCUT2D eigenvalue weighted by molar-refractivity contribution is -0.384. The van der Waals surface area contributed by atoms with E-state index in [9.17, 15) is 14.9 Å². The van der Waals surface area contributed by atoms with Crippen LogP contribution in [0, 0.1) is 10.1 Å². The zero-order valence-electron chi connectivity index (χ0n) is 13.8. The highest BCUT2D eigenvalue weighted by atomic mass is 16.6. The Bertz CT molecular complexity index is 820. The van der Waals surface area contributed by atoms with Gasteiger partial charge >= 0.3 is 5.97 Å². The molecule has 0 radical (unpaired) electrons. The standard InChI is InChI=1S/C18H17N3O4/c1-12-16(13-8-10-15(11-9-13)21(23)24)18(20-19-12,17(22)25-2)14-6-4-3-5-7-14/h3-12,16H,1-2H3/t12-,16+,18+/m1/s1. The molecule has 1 aliphatic heterocycles. The summed E-state index contributed by atoms with van der Waals surface area (Å²) in [5.41, 5.74) is 0.119. The summed E-state index contributed by atoms with van der Waals surface area (Å²) in [6, 6.07) is 15.0. The number of nitrogens with zero attached hydrogens (tertiary/aromatic N) is 3. The molecule has 0 amide bonds. The molecule has 0 spiro atoms. The van der Waals surface area contributed by atoms with Crippen molar-refractivity contribution in [1.29, 1.82) is 0 Å². The van der Waals surface area contributed by atoms with Crippen molar-refractivity contribution in [2.75, 3.05) is 7.11 Å². The third kappa shape index (κ3) is 2.67. The molecule has 7 nitrogen and oxygen atoms in total. The Hall–Kier alpha value is -3.09. The third-order valence-corrected chi connectivity index (χ3v) is 4.50. The Labute approximate surface area is 144 Å². The molecular formula is C18H17N3O4. The first-order valence-electron chi connectivity index (χ1n) is 7.81. The van der Waals surface area contributed by atoms with Gasteiger partial charge in [0.2, 0.25) is 5.54 Å². The van der Waals surface area contributed by atoms with Crippen molar-refractivity contribution in [3.8, 4) is 0 Å². The van der Waals surface area contributed by atoms with Crippen LogP contribution >= 0.6 is 0 Å². The maximum atomic E-state index is 12.8. The van der Waals surface area contributed by atoms with E-state index in [-0.39, 0.29) is 11.7 Å². The first-order chi connectivity index (χ1) is 12.0. The Morgan fingerprint density at radius 2 is 1.80 bits per heavy atom. The molecule has 1 heterocycles. The van der Waals surface area contributed by atoms with Crippen LogP contribution in [0.1, 0.15) is 24.0 Å². The van der Waals surface area contributed by atoms with E-state index >= 15 is 0 Å². The lowest BCUT2D eigenvalue weighted by Crippen LogP contribution is -2.41. The van der Waals surface area contributed by atoms with Crippen LogP contribution < -0.4 is 0 Å². The number of azo groups is 1. The molecule has 2 aromatic carbocycles. The van der Waals surface area contributed by atoms with Gasteiger partial charge in [-0.25, -0.2) is 4.79 Å². The summed E-state index contributed by atoms with van der Waals surface area (Å²) < 4.78 is 5.05. The Morgan fingerprint density at radius 3 is 2.36 bits per heavy atom. The van der Waals surface area contributed by atoms with Crippen molar-refractivity contribution in [3.63, 3.8) is 0 Å². The minimum absolute atomic E-state index is 0.00773. The summed E-state index contributed by atoms with van der Waals surface area (Å²) in [6.45, 7) is 1.86. The minimum Gasteiger partial charge on any atom is -0.467 e. The van der Waals surface area contributed by atoms with Gasteiger partial charge in [0.25, 0.3) is 5.69 Å². The fourth-order valence-electron chi connectivity index (χ4n) is 3.35. The minimum atomic E-state index is -1.30. The molecular weight excluding hydrogens is 322 g/mol. The van der Waals surface area contributed by atoms with Crippen LogP contribution in [0.25, 0.3) is 0 Å². The van der Waals surface area contributed by atoms with E-state index in [1.165, 1.54) is 19.2 Å². The van der Waals surface area contributed by atoms with Crippen LogP contribution in [0.4, 0.5) is 5.69 Å². The SMILES string of the molecule is COC(=O)[C@@]1(c2ccccc2)N=N[C@H](C)[C@H]1c1ccc([N+](=O)[O-])cc1. The molecule has 3 rings (SSSR count). The van der Waals surface area contributed by atoms with Gasteiger partial charge in [0.15, 0.2) is 0 Å². The lowest BCUT2D eigenvalue weighted by Gasteiger charge is -2.31. The van der Waals surface area contributed by atoms with Gasteiger partial charge in [-0.2, -0.15) is 10.2 Å². The Balaban J connectivity index is 2.15. The van der Waals surface area contributed by atoms with E-state index in [1.807, 2.05) is 37.3 Å². The van der Waals surface area contributed by atoms with Crippen LogP contribution in [-0.2, 0) is 15.1 Å². The molecule has 2 aromatic rings. The fraction of sp³-hybridized carbons (Fsp3) is 0.278. The van der Waals surface area contributed by atoms with Crippen molar-refractivity contribution in [2.45, 2.75) is 24.4 Å². The molecule has 128 valence electrons. The van der Waals surface area contributed by atoms with Crippen LogP contribution in [0.15, 0.2) is 64.8 Å². The average molecular weight is 339 g/mol. The van der Waals surface area contributed by atoms with Gasteiger partial charge in [0.1, 0.15) is 0 Å². The normalized spacial score (nSPS) is 24.9. The highest BCUT2D eigenvalue weighted by Crippen LogP contribution is 2.49. The first kappa shape index (κ1) is 16.8. The van der Waals surface area contributed by atoms with Gasteiger partial charge in [-0.05, 0) is 18.1 Å². The predicted octanol–water partition coefficient (Wildman–Crippen LogP) is 3.60. The van der Waals surface area contributed by atoms with E-state index in [0.717, 1.165) is 5.56 Å². The topological polar surface area (TPSA) is 94.2 Å². The number of carbonyl (C=O) groups is 1.